The summed E-state index contributed by atoms with van der Waals surface area (Å²) in [5, 5.41) is 3.57. The highest BCUT2D eigenvalue weighted by Crippen LogP contribution is 2.49. The predicted molar refractivity (Wildman–Crippen MR) is 69.9 cm³/mol. The van der Waals surface area contributed by atoms with Crippen molar-refractivity contribution in [1.82, 2.24) is 10.2 Å². The highest BCUT2D eigenvalue weighted by atomic mass is 15.2. The number of hydrogen-bond acceptors (Lipinski definition) is 2. The Hall–Kier alpha value is -0.0800. The average molecular weight is 234 g/mol. The second-order valence-electron chi connectivity index (χ2n) is 7.35. The largest absolute Gasteiger partial charge is 0.316 e. The first-order valence-electron chi connectivity index (χ1n) is 7.76. The molecule has 4 atom stereocenters. The maximum Gasteiger partial charge on any atom is 0.00512 e. The van der Waals surface area contributed by atoms with E-state index in [0.29, 0.717) is 5.41 Å². The molecule has 4 rings (SSSR count). The SMILES string of the molecule is C1CC2(CCN(CC3CC4CCC3C4)C2)CN1. The van der Waals surface area contributed by atoms with Gasteiger partial charge in [-0.25, -0.2) is 0 Å². The fourth-order valence-corrected chi connectivity index (χ4v) is 5.26. The van der Waals surface area contributed by atoms with Gasteiger partial charge in [-0.3, -0.25) is 0 Å². The number of nitrogens with one attached hydrogen (secondary N) is 1. The van der Waals surface area contributed by atoms with Crippen molar-refractivity contribution in [3.8, 4) is 0 Å². The molecule has 0 aromatic rings. The third kappa shape index (κ3) is 1.84. The molecule has 17 heavy (non-hydrogen) atoms. The Kier molecular flexibility index (Phi) is 2.52. The molecule has 2 heterocycles. The van der Waals surface area contributed by atoms with Gasteiger partial charge in [0.15, 0.2) is 0 Å². The molecule has 2 heteroatoms. The van der Waals surface area contributed by atoms with Gasteiger partial charge in [-0.05, 0) is 68.4 Å². The van der Waals surface area contributed by atoms with E-state index in [1.165, 1.54) is 45.6 Å². The van der Waals surface area contributed by atoms with Gasteiger partial charge in [0.1, 0.15) is 0 Å². The summed E-state index contributed by atoms with van der Waals surface area (Å²) in [6.45, 7) is 6.77. The molecule has 0 amide bonds. The van der Waals surface area contributed by atoms with Gasteiger partial charge in [0, 0.05) is 19.6 Å². The minimum Gasteiger partial charge on any atom is -0.316 e. The Morgan fingerprint density at radius 1 is 1.18 bits per heavy atom. The summed E-state index contributed by atoms with van der Waals surface area (Å²) in [6, 6.07) is 0. The molecule has 0 aromatic heterocycles. The molecular weight excluding hydrogens is 208 g/mol. The summed E-state index contributed by atoms with van der Waals surface area (Å²) in [7, 11) is 0. The molecule has 2 saturated heterocycles. The van der Waals surface area contributed by atoms with Crippen LogP contribution in [-0.2, 0) is 0 Å². The van der Waals surface area contributed by atoms with Crippen LogP contribution >= 0.6 is 0 Å². The summed E-state index contributed by atoms with van der Waals surface area (Å²) in [6.07, 6.45) is 9.13. The van der Waals surface area contributed by atoms with Crippen LogP contribution < -0.4 is 5.32 Å². The molecule has 4 unspecified atom stereocenters. The van der Waals surface area contributed by atoms with Crippen LogP contribution in [0.25, 0.3) is 0 Å². The molecule has 96 valence electrons. The maximum atomic E-state index is 3.57. The van der Waals surface area contributed by atoms with Crippen LogP contribution in [-0.4, -0.2) is 37.6 Å². The maximum absolute atomic E-state index is 3.57. The molecule has 1 spiro atoms. The Balaban J connectivity index is 1.35. The first-order valence-corrected chi connectivity index (χ1v) is 7.76. The van der Waals surface area contributed by atoms with E-state index in [0.717, 1.165) is 17.8 Å². The summed E-state index contributed by atoms with van der Waals surface area (Å²) in [4.78, 5) is 2.80. The number of fused-ring (bicyclic) bond motifs is 2. The lowest BCUT2D eigenvalue weighted by atomic mass is 9.86. The zero-order valence-electron chi connectivity index (χ0n) is 11.0. The number of nitrogens with zero attached hydrogens (tertiary/aromatic N) is 1. The van der Waals surface area contributed by atoms with Gasteiger partial charge >= 0.3 is 0 Å². The molecule has 0 radical (unpaired) electrons. The van der Waals surface area contributed by atoms with Crippen molar-refractivity contribution in [2.45, 2.75) is 38.5 Å². The summed E-state index contributed by atoms with van der Waals surface area (Å²) >= 11 is 0. The van der Waals surface area contributed by atoms with Crippen molar-refractivity contribution in [3.63, 3.8) is 0 Å². The second kappa shape index (κ2) is 3.96. The molecule has 2 aliphatic heterocycles. The van der Waals surface area contributed by atoms with Crippen molar-refractivity contribution in [2.75, 3.05) is 32.7 Å². The van der Waals surface area contributed by atoms with Crippen LogP contribution in [0.1, 0.15) is 38.5 Å². The Labute approximate surface area is 105 Å². The lowest BCUT2D eigenvalue weighted by molar-refractivity contribution is 0.200. The van der Waals surface area contributed by atoms with Gasteiger partial charge in [0.2, 0.25) is 0 Å². The van der Waals surface area contributed by atoms with Crippen molar-refractivity contribution < 1.29 is 0 Å². The monoisotopic (exact) mass is 234 g/mol. The van der Waals surface area contributed by atoms with Crippen LogP contribution in [0.3, 0.4) is 0 Å². The smallest absolute Gasteiger partial charge is 0.00512 e. The predicted octanol–water partition coefficient (Wildman–Crippen LogP) is 2.11. The van der Waals surface area contributed by atoms with E-state index >= 15 is 0 Å². The Morgan fingerprint density at radius 3 is 2.88 bits per heavy atom. The average Bonchev–Trinajstić information content (AvgIpc) is 3.07. The van der Waals surface area contributed by atoms with Crippen LogP contribution in [0.5, 0.6) is 0 Å². The fourth-order valence-electron chi connectivity index (χ4n) is 5.26. The van der Waals surface area contributed by atoms with Gasteiger partial charge in [-0.1, -0.05) is 6.42 Å². The van der Waals surface area contributed by atoms with Crippen molar-refractivity contribution in [3.05, 3.63) is 0 Å². The highest BCUT2D eigenvalue weighted by Gasteiger charge is 2.44. The molecule has 1 N–H and O–H groups in total. The van der Waals surface area contributed by atoms with Crippen molar-refractivity contribution >= 4 is 0 Å². The third-order valence-electron chi connectivity index (χ3n) is 6.23. The van der Waals surface area contributed by atoms with Crippen LogP contribution in [0.4, 0.5) is 0 Å². The molecule has 2 nitrogen and oxygen atoms in total. The molecule has 2 aliphatic carbocycles. The highest BCUT2D eigenvalue weighted by molar-refractivity contribution is 4.98. The van der Waals surface area contributed by atoms with Gasteiger partial charge in [0.25, 0.3) is 0 Å². The van der Waals surface area contributed by atoms with E-state index in [2.05, 4.69) is 10.2 Å². The molecule has 0 aromatic carbocycles. The van der Waals surface area contributed by atoms with Crippen molar-refractivity contribution in [1.29, 1.82) is 0 Å². The summed E-state index contributed by atoms with van der Waals surface area (Å²) < 4.78 is 0. The van der Waals surface area contributed by atoms with Gasteiger partial charge in [-0.2, -0.15) is 0 Å². The standard InChI is InChI=1S/C15H26N2/c1-2-13-7-12(1)8-14(13)9-17-6-4-15(11-17)3-5-16-10-15/h12-14,16H,1-11H2. The van der Waals surface area contributed by atoms with E-state index in [4.69, 9.17) is 0 Å². The zero-order valence-corrected chi connectivity index (χ0v) is 11.0. The third-order valence-corrected chi connectivity index (χ3v) is 6.23. The van der Waals surface area contributed by atoms with E-state index in [-0.39, 0.29) is 0 Å². The normalized spacial score (nSPS) is 49.8. The lowest BCUT2D eigenvalue weighted by Gasteiger charge is -2.28. The van der Waals surface area contributed by atoms with Crippen molar-refractivity contribution in [2.24, 2.45) is 23.2 Å². The summed E-state index contributed by atoms with van der Waals surface area (Å²) in [5.74, 6) is 3.30. The summed E-state index contributed by atoms with van der Waals surface area (Å²) in [5.41, 5.74) is 0.678. The second-order valence-corrected chi connectivity index (χ2v) is 7.35. The fraction of sp³-hybridized carbons (Fsp3) is 1.00. The first kappa shape index (κ1) is 10.8. The molecule has 2 bridgehead atoms. The minimum atomic E-state index is 0.678. The quantitative estimate of drug-likeness (QED) is 0.787. The van der Waals surface area contributed by atoms with Gasteiger partial charge < -0.3 is 10.2 Å². The zero-order chi connectivity index (χ0) is 11.3. The van der Waals surface area contributed by atoms with Crippen LogP contribution in [0.2, 0.25) is 0 Å². The van der Waals surface area contributed by atoms with Crippen LogP contribution in [0, 0.1) is 23.2 Å². The van der Waals surface area contributed by atoms with E-state index in [1.807, 2.05) is 0 Å². The Morgan fingerprint density at radius 2 is 2.18 bits per heavy atom. The number of hydrogen-bond donors (Lipinski definition) is 1. The van der Waals surface area contributed by atoms with E-state index in [1.54, 1.807) is 25.7 Å². The van der Waals surface area contributed by atoms with E-state index in [9.17, 15) is 0 Å². The topological polar surface area (TPSA) is 15.3 Å². The lowest BCUT2D eigenvalue weighted by Crippen LogP contribution is -2.33. The van der Waals surface area contributed by atoms with Crippen LogP contribution in [0.15, 0.2) is 0 Å². The Bertz CT molecular complexity index is 295. The first-order chi connectivity index (χ1) is 8.33. The molecule has 2 saturated carbocycles. The van der Waals surface area contributed by atoms with Gasteiger partial charge in [-0.15, -0.1) is 0 Å². The molecule has 4 fully saturated rings. The number of rotatable bonds is 2. The molecular formula is C15H26N2. The van der Waals surface area contributed by atoms with Gasteiger partial charge in [0.05, 0.1) is 0 Å². The van der Waals surface area contributed by atoms with E-state index < -0.39 is 0 Å². The minimum absolute atomic E-state index is 0.678. The number of likely N-dealkylation sites (tertiary alicyclic amines) is 1. The molecule has 4 aliphatic rings.